The highest BCUT2D eigenvalue weighted by Crippen LogP contribution is 2.53. The van der Waals surface area contributed by atoms with E-state index in [2.05, 4.69) is 10.3 Å². The SMILES string of the molecule is Cc1cc(C(F)(C(F)(F)F)C(F)(F)F)cc(C)c1NC(=O)c1ccc2nc(C(F)(F)F)ccc2c1. The number of halogens is 10. The summed E-state index contributed by atoms with van der Waals surface area (Å²) in [7, 11) is 0. The van der Waals surface area contributed by atoms with Crippen molar-refractivity contribution in [3.63, 3.8) is 0 Å². The molecule has 0 spiro atoms. The minimum absolute atomic E-state index is 0.0633. The lowest BCUT2D eigenvalue weighted by Gasteiger charge is -2.31. The van der Waals surface area contributed by atoms with Crippen LogP contribution < -0.4 is 5.32 Å². The van der Waals surface area contributed by atoms with Gasteiger partial charge < -0.3 is 5.32 Å². The van der Waals surface area contributed by atoms with Crippen LogP contribution in [0.1, 0.15) is 32.7 Å². The number of nitrogens with one attached hydrogen (secondary N) is 1. The van der Waals surface area contributed by atoms with Crippen LogP contribution in [0.15, 0.2) is 42.5 Å². The van der Waals surface area contributed by atoms with E-state index >= 15 is 0 Å². The summed E-state index contributed by atoms with van der Waals surface area (Å²) in [5.41, 5.74) is -9.31. The zero-order chi connectivity index (χ0) is 26.6. The van der Waals surface area contributed by atoms with E-state index in [9.17, 15) is 48.7 Å². The summed E-state index contributed by atoms with van der Waals surface area (Å²) in [6.45, 7) is 2.17. The third kappa shape index (κ3) is 4.76. The molecule has 3 rings (SSSR count). The van der Waals surface area contributed by atoms with Crippen LogP contribution in [-0.2, 0) is 11.8 Å². The molecule has 0 saturated heterocycles. The monoisotopic (exact) mass is 512 g/mol. The van der Waals surface area contributed by atoms with Crippen LogP contribution in [0, 0.1) is 13.8 Å². The average molecular weight is 512 g/mol. The number of hydrogen-bond acceptors (Lipinski definition) is 2. The van der Waals surface area contributed by atoms with Gasteiger partial charge in [0.2, 0.25) is 0 Å². The highest BCUT2D eigenvalue weighted by atomic mass is 19.4. The van der Waals surface area contributed by atoms with Crippen LogP contribution in [-0.4, -0.2) is 23.2 Å². The van der Waals surface area contributed by atoms with Crippen molar-refractivity contribution in [3.8, 4) is 0 Å². The Bertz CT molecular complexity index is 1260. The molecular weight excluding hydrogens is 498 g/mol. The number of rotatable bonds is 3. The Balaban J connectivity index is 1.96. The third-order valence-corrected chi connectivity index (χ3v) is 5.19. The molecule has 0 aliphatic rings. The van der Waals surface area contributed by atoms with Crippen molar-refractivity contribution in [2.45, 2.75) is 38.0 Å². The van der Waals surface area contributed by atoms with E-state index in [1.54, 1.807) is 0 Å². The fourth-order valence-corrected chi connectivity index (χ4v) is 3.46. The van der Waals surface area contributed by atoms with Gasteiger partial charge in [-0.2, -0.15) is 39.5 Å². The lowest BCUT2D eigenvalue weighted by atomic mass is 9.90. The molecule has 1 N–H and O–H groups in total. The molecule has 0 unspecified atom stereocenters. The molecule has 13 heteroatoms. The smallest absolute Gasteiger partial charge is 0.322 e. The minimum Gasteiger partial charge on any atom is -0.322 e. The molecule has 3 nitrogen and oxygen atoms in total. The molecule has 1 amide bonds. The lowest BCUT2D eigenvalue weighted by molar-refractivity contribution is -0.348. The number of nitrogens with zero attached hydrogens (tertiary/aromatic N) is 1. The van der Waals surface area contributed by atoms with Gasteiger partial charge in [0.05, 0.1) is 5.52 Å². The molecule has 2 aromatic carbocycles. The Hall–Kier alpha value is -3.38. The summed E-state index contributed by atoms with van der Waals surface area (Å²) < 4.78 is 131. The second kappa shape index (κ2) is 8.38. The van der Waals surface area contributed by atoms with Gasteiger partial charge in [-0.25, -0.2) is 9.37 Å². The Labute approximate surface area is 190 Å². The number of benzene rings is 2. The molecule has 35 heavy (non-hydrogen) atoms. The maximum absolute atomic E-state index is 14.4. The first-order chi connectivity index (χ1) is 15.9. The molecular formula is C22H14F10N2O. The molecule has 0 radical (unpaired) electrons. The van der Waals surface area contributed by atoms with E-state index < -0.39 is 41.4 Å². The van der Waals surface area contributed by atoms with Crippen LogP contribution in [0.25, 0.3) is 10.9 Å². The molecule has 0 bridgehead atoms. The van der Waals surface area contributed by atoms with E-state index in [4.69, 9.17) is 0 Å². The summed E-state index contributed by atoms with van der Waals surface area (Å²) in [5, 5.41) is 2.50. The van der Waals surface area contributed by atoms with Crippen LogP contribution in [0.2, 0.25) is 0 Å². The predicted octanol–water partition coefficient (Wildman–Crippen LogP) is 7.41. The van der Waals surface area contributed by atoms with Crippen molar-refractivity contribution in [1.29, 1.82) is 0 Å². The second-order valence-electron chi connectivity index (χ2n) is 7.69. The average Bonchev–Trinajstić information content (AvgIpc) is 2.72. The van der Waals surface area contributed by atoms with E-state index in [-0.39, 0.29) is 33.3 Å². The number of aryl methyl sites for hydroxylation is 2. The van der Waals surface area contributed by atoms with Crippen molar-refractivity contribution in [2.24, 2.45) is 0 Å². The molecule has 0 atom stereocenters. The molecule has 188 valence electrons. The van der Waals surface area contributed by atoms with E-state index in [0.29, 0.717) is 18.2 Å². The Morgan fingerprint density at radius 3 is 1.80 bits per heavy atom. The van der Waals surface area contributed by atoms with Gasteiger partial charge >= 0.3 is 24.2 Å². The number of amides is 1. The Kier molecular flexibility index (Phi) is 6.28. The highest BCUT2D eigenvalue weighted by Gasteiger charge is 2.73. The number of carbonyl (C=O) groups is 1. The van der Waals surface area contributed by atoms with Crippen molar-refractivity contribution < 1.29 is 48.7 Å². The number of alkyl halides is 10. The van der Waals surface area contributed by atoms with Crippen LogP contribution in [0.3, 0.4) is 0 Å². The summed E-state index contributed by atoms with van der Waals surface area (Å²) in [6.07, 6.45) is -17.3. The number of carbonyl (C=O) groups excluding carboxylic acids is 1. The highest BCUT2D eigenvalue weighted by molar-refractivity contribution is 6.06. The maximum atomic E-state index is 14.4. The summed E-state index contributed by atoms with van der Waals surface area (Å²) in [5.74, 6) is -0.857. The molecule has 1 aromatic heterocycles. The largest absolute Gasteiger partial charge is 0.435 e. The fraction of sp³-hybridized carbons (Fsp3) is 0.273. The standard InChI is InChI=1S/C22H14F10N2O/c1-10-7-14(19(23,21(27,28)29)22(30,31)32)8-11(2)17(10)34-18(35)13-3-5-15-12(9-13)4-6-16(33-15)20(24,25)26/h3-9H,1-2H3,(H,34,35). The van der Waals surface area contributed by atoms with E-state index in [1.807, 2.05) is 0 Å². The van der Waals surface area contributed by atoms with E-state index in [0.717, 1.165) is 32.0 Å². The predicted molar refractivity (Wildman–Crippen MR) is 106 cm³/mol. The normalized spacial score (nSPS) is 13.3. The second-order valence-corrected chi connectivity index (χ2v) is 7.69. The number of anilines is 1. The summed E-state index contributed by atoms with van der Waals surface area (Å²) in [4.78, 5) is 16.1. The number of pyridine rings is 1. The van der Waals surface area contributed by atoms with Gasteiger partial charge in [-0.1, -0.05) is 18.2 Å². The summed E-state index contributed by atoms with van der Waals surface area (Å²) >= 11 is 0. The third-order valence-electron chi connectivity index (χ3n) is 5.19. The first-order valence-electron chi connectivity index (χ1n) is 9.59. The topological polar surface area (TPSA) is 42.0 Å². The quantitative estimate of drug-likeness (QED) is 0.372. The Morgan fingerprint density at radius 1 is 0.771 bits per heavy atom. The van der Waals surface area contributed by atoms with Gasteiger partial charge in [0.15, 0.2) is 0 Å². The minimum atomic E-state index is -6.29. The molecule has 0 saturated carbocycles. The molecule has 3 aromatic rings. The lowest BCUT2D eigenvalue weighted by Crippen LogP contribution is -2.50. The Morgan fingerprint density at radius 2 is 1.31 bits per heavy atom. The van der Waals surface area contributed by atoms with Gasteiger partial charge in [-0.3, -0.25) is 4.79 Å². The fourth-order valence-electron chi connectivity index (χ4n) is 3.46. The van der Waals surface area contributed by atoms with E-state index in [1.165, 1.54) is 6.07 Å². The van der Waals surface area contributed by atoms with Crippen molar-refractivity contribution in [3.05, 3.63) is 70.4 Å². The van der Waals surface area contributed by atoms with Crippen molar-refractivity contribution >= 4 is 22.5 Å². The van der Waals surface area contributed by atoms with Crippen molar-refractivity contribution in [2.75, 3.05) is 5.32 Å². The molecule has 0 aliphatic carbocycles. The number of fused-ring (bicyclic) bond motifs is 1. The van der Waals surface area contributed by atoms with Gasteiger partial charge in [0.25, 0.3) is 5.91 Å². The number of aromatic nitrogens is 1. The van der Waals surface area contributed by atoms with Crippen molar-refractivity contribution in [1.82, 2.24) is 4.98 Å². The van der Waals surface area contributed by atoms with Gasteiger partial charge in [0.1, 0.15) is 5.69 Å². The first-order valence-corrected chi connectivity index (χ1v) is 9.59. The molecule has 0 aliphatic heterocycles. The summed E-state index contributed by atoms with van der Waals surface area (Å²) in [6, 6.07) is 5.97. The van der Waals surface area contributed by atoms with Crippen LogP contribution in [0.5, 0.6) is 0 Å². The maximum Gasteiger partial charge on any atom is 0.435 e. The number of hydrogen-bond donors (Lipinski definition) is 1. The van der Waals surface area contributed by atoms with Gasteiger partial charge in [-0.15, -0.1) is 0 Å². The molecule has 0 fully saturated rings. The zero-order valence-electron chi connectivity index (χ0n) is 17.7. The van der Waals surface area contributed by atoms with Crippen LogP contribution in [0.4, 0.5) is 49.6 Å². The zero-order valence-corrected chi connectivity index (χ0v) is 17.7. The van der Waals surface area contributed by atoms with Gasteiger partial charge in [0, 0.05) is 22.2 Å². The first kappa shape index (κ1) is 26.2. The molecule has 1 heterocycles. The van der Waals surface area contributed by atoms with Crippen LogP contribution >= 0.6 is 0 Å². The van der Waals surface area contributed by atoms with Gasteiger partial charge in [-0.05, 0) is 49.2 Å².